The second-order valence-corrected chi connectivity index (χ2v) is 4.98. The Labute approximate surface area is 120 Å². The number of piperidine rings is 1. The van der Waals surface area contributed by atoms with E-state index in [1.54, 1.807) is 0 Å². The van der Waals surface area contributed by atoms with Gasteiger partial charge in [0.05, 0.1) is 0 Å². The van der Waals surface area contributed by atoms with E-state index in [1.807, 2.05) is 12.1 Å². The normalized spacial score (nSPS) is 16.2. The summed E-state index contributed by atoms with van der Waals surface area (Å²) >= 11 is 0. The lowest BCUT2D eigenvalue weighted by atomic mass is 10.1. The third-order valence-electron chi connectivity index (χ3n) is 3.44. The number of benzene rings is 1. The maximum absolute atomic E-state index is 8.64. The average Bonchev–Trinajstić information content (AvgIpc) is 2.52. The van der Waals surface area contributed by atoms with Crippen molar-refractivity contribution in [2.24, 2.45) is 10.9 Å². The van der Waals surface area contributed by atoms with Crippen LogP contribution in [0.25, 0.3) is 0 Å². The molecule has 0 radical (unpaired) electrons. The molecule has 0 aliphatic carbocycles. The molecule has 0 atom stereocenters. The number of rotatable bonds is 6. The first-order chi connectivity index (χ1) is 9.81. The van der Waals surface area contributed by atoms with Crippen LogP contribution < -0.4 is 10.6 Å². The summed E-state index contributed by atoms with van der Waals surface area (Å²) in [5.41, 5.74) is 7.95. The monoisotopic (exact) mass is 277 g/mol. The number of aliphatic hydroxyl groups excluding tert-OH is 1. The Morgan fingerprint density at radius 2 is 1.90 bits per heavy atom. The molecule has 20 heavy (non-hydrogen) atoms. The molecule has 0 unspecified atom stereocenters. The summed E-state index contributed by atoms with van der Waals surface area (Å²) < 4.78 is 0. The van der Waals surface area contributed by atoms with E-state index in [-0.39, 0.29) is 6.61 Å². The van der Waals surface area contributed by atoms with Crippen molar-refractivity contribution in [3.05, 3.63) is 29.8 Å². The van der Waals surface area contributed by atoms with Crippen LogP contribution in [0.2, 0.25) is 0 Å². The van der Waals surface area contributed by atoms with Crippen LogP contribution in [0.15, 0.2) is 29.4 Å². The standard InChI is InChI=1S/C15H23N3O2/c16-15(17-20-12-4-11-19)13-5-7-14(8-6-13)18-9-2-1-3-10-18/h5-8,19H,1-4,9-12H2,(H2,16,17). The van der Waals surface area contributed by atoms with Crippen LogP contribution in [0.3, 0.4) is 0 Å². The lowest BCUT2D eigenvalue weighted by molar-refractivity contribution is 0.124. The van der Waals surface area contributed by atoms with E-state index >= 15 is 0 Å². The molecule has 0 amide bonds. The number of aliphatic hydroxyl groups is 1. The quantitative estimate of drug-likeness (QED) is 0.359. The van der Waals surface area contributed by atoms with Crippen LogP contribution in [0, 0.1) is 0 Å². The molecule has 5 nitrogen and oxygen atoms in total. The first-order valence-electron chi connectivity index (χ1n) is 7.23. The van der Waals surface area contributed by atoms with Gasteiger partial charge in [-0.05, 0) is 43.5 Å². The molecule has 1 heterocycles. The Hall–Kier alpha value is -1.75. The lowest BCUT2D eigenvalue weighted by Crippen LogP contribution is -2.29. The van der Waals surface area contributed by atoms with Crippen molar-refractivity contribution < 1.29 is 9.94 Å². The molecule has 0 aromatic heterocycles. The number of amidine groups is 1. The molecule has 1 aromatic carbocycles. The first kappa shape index (κ1) is 14.7. The zero-order valence-corrected chi connectivity index (χ0v) is 11.8. The Morgan fingerprint density at radius 1 is 1.20 bits per heavy atom. The number of oxime groups is 1. The molecular weight excluding hydrogens is 254 g/mol. The SMILES string of the molecule is N/C(=N/OCCCO)c1ccc(N2CCCCC2)cc1. The van der Waals surface area contributed by atoms with Crippen molar-refractivity contribution in [2.45, 2.75) is 25.7 Å². The Morgan fingerprint density at radius 3 is 2.55 bits per heavy atom. The summed E-state index contributed by atoms with van der Waals surface area (Å²) in [6.07, 6.45) is 4.43. The highest BCUT2D eigenvalue weighted by molar-refractivity contribution is 5.97. The summed E-state index contributed by atoms with van der Waals surface area (Å²) in [7, 11) is 0. The maximum Gasteiger partial charge on any atom is 0.170 e. The number of nitrogens with two attached hydrogens (primary N) is 1. The molecule has 3 N–H and O–H groups in total. The molecule has 1 saturated heterocycles. The van der Waals surface area contributed by atoms with Gasteiger partial charge in [0.15, 0.2) is 5.84 Å². The smallest absolute Gasteiger partial charge is 0.170 e. The van der Waals surface area contributed by atoms with Crippen LogP contribution in [0.1, 0.15) is 31.2 Å². The summed E-state index contributed by atoms with van der Waals surface area (Å²) in [4.78, 5) is 7.43. The van der Waals surface area contributed by atoms with Gasteiger partial charge in [-0.25, -0.2) is 0 Å². The van der Waals surface area contributed by atoms with Crippen LogP contribution in [-0.4, -0.2) is 37.2 Å². The van der Waals surface area contributed by atoms with Crippen molar-refractivity contribution in [1.82, 2.24) is 0 Å². The van der Waals surface area contributed by atoms with Crippen molar-refractivity contribution in [3.8, 4) is 0 Å². The molecule has 0 bridgehead atoms. The van der Waals surface area contributed by atoms with Crippen molar-refractivity contribution in [3.63, 3.8) is 0 Å². The fraction of sp³-hybridized carbons (Fsp3) is 0.533. The number of nitrogens with zero attached hydrogens (tertiary/aromatic N) is 2. The summed E-state index contributed by atoms with van der Waals surface area (Å²) in [6.45, 7) is 2.74. The van der Waals surface area contributed by atoms with E-state index in [9.17, 15) is 0 Å². The maximum atomic E-state index is 8.64. The first-order valence-corrected chi connectivity index (χ1v) is 7.23. The summed E-state index contributed by atoms with van der Waals surface area (Å²) in [6, 6.07) is 8.10. The predicted molar refractivity (Wildman–Crippen MR) is 80.9 cm³/mol. The highest BCUT2D eigenvalue weighted by Crippen LogP contribution is 2.20. The summed E-state index contributed by atoms with van der Waals surface area (Å²) in [5.74, 6) is 0.369. The largest absolute Gasteiger partial charge is 0.396 e. The Kier molecular flexibility index (Phi) is 5.68. The molecule has 5 heteroatoms. The minimum atomic E-state index is 0.0972. The minimum Gasteiger partial charge on any atom is -0.396 e. The van der Waals surface area contributed by atoms with E-state index in [0.29, 0.717) is 18.9 Å². The van der Waals surface area contributed by atoms with E-state index in [0.717, 1.165) is 18.7 Å². The van der Waals surface area contributed by atoms with E-state index in [4.69, 9.17) is 15.7 Å². The van der Waals surface area contributed by atoms with Crippen molar-refractivity contribution in [2.75, 3.05) is 31.2 Å². The van der Waals surface area contributed by atoms with Crippen LogP contribution in [-0.2, 0) is 4.84 Å². The van der Waals surface area contributed by atoms with Gasteiger partial charge in [0.1, 0.15) is 6.61 Å². The fourth-order valence-corrected chi connectivity index (χ4v) is 2.29. The van der Waals surface area contributed by atoms with Crippen LogP contribution in [0.4, 0.5) is 5.69 Å². The fourth-order valence-electron chi connectivity index (χ4n) is 2.29. The van der Waals surface area contributed by atoms with E-state index in [1.165, 1.54) is 24.9 Å². The topological polar surface area (TPSA) is 71.1 Å². The van der Waals surface area contributed by atoms with Gasteiger partial charge in [0.25, 0.3) is 0 Å². The molecule has 110 valence electrons. The second-order valence-electron chi connectivity index (χ2n) is 4.98. The van der Waals surface area contributed by atoms with Crippen molar-refractivity contribution in [1.29, 1.82) is 0 Å². The Balaban J connectivity index is 1.93. The lowest BCUT2D eigenvalue weighted by Gasteiger charge is -2.28. The van der Waals surface area contributed by atoms with E-state index in [2.05, 4.69) is 22.2 Å². The minimum absolute atomic E-state index is 0.0972. The second kappa shape index (κ2) is 7.75. The van der Waals surface area contributed by atoms with Gasteiger partial charge in [-0.15, -0.1) is 0 Å². The third-order valence-corrected chi connectivity index (χ3v) is 3.44. The van der Waals surface area contributed by atoms with Gasteiger partial charge in [-0.3, -0.25) is 0 Å². The average molecular weight is 277 g/mol. The molecule has 1 aromatic rings. The zero-order valence-electron chi connectivity index (χ0n) is 11.8. The molecule has 1 aliphatic heterocycles. The molecular formula is C15H23N3O2. The zero-order chi connectivity index (χ0) is 14.2. The molecule has 0 saturated carbocycles. The van der Waals surface area contributed by atoms with Gasteiger partial charge >= 0.3 is 0 Å². The van der Waals surface area contributed by atoms with Crippen LogP contribution >= 0.6 is 0 Å². The molecule has 2 rings (SSSR count). The van der Waals surface area contributed by atoms with Gasteiger partial charge in [0, 0.05) is 37.4 Å². The highest BCUT2D eigenvalue weighted by Gasteiger charge is 2.10. The van der Waals surface area contributed by atoms with Crippen LogP contribution in [0.5, 0.6) is 0 Å². The van der Waals surface area contributed by atoms with Gasteiger partial charge in [-0.1, -0.05) is 5.16 Å². The van der Waals surface area contributed by atoms with E-state index < -0.39 is 0 Å². The number of hydrogen-bond acceptors (Lipinski definition) is 4. The van der Waals surface area contributed by atoms with Gasteiger partial charge in [-0.2, -0.15) is 0 Å². The van der Waals surface area contributed by atoms with Gasteiger partial charge in [0.2, 0.25) is 0 Å². The Bertz CT molecular complexity index is 425. The molecule has 0 spiro atoms. The molecule has 1 aliphatic rings. The number of anilines is 1. The molecule has 1 fully saturated rings. The highest BCUT2D eigenvalue weighted by atomic mass is 16.6. The number of hydrogen-bond donors (Lipinski definition) is 2. The van der Waals surface area contributed by atoms with Gasteiger partial charge < -0.3 is 20.6 Å². The third kappa shape index (κ3) is 4.13. The summed E-state index contributed by atoms with van der Waals surface area (Å²) in [5, 5.41) is 12.5. The predicted octanol–water partition coefficient (Wildman–Crippen LogP) is 1.70. The van der Waals surface area contributed by atoms with Crippen molar-refractivity contribution >= 4 is 11.5 Å².